The van der Waals surface area contributed by atoms with Gasteiger partial charge in [-0.05, 0) is 37.3 Å². The van der Waals surface area contributed by atoms with Gasteiger partial charge in [0.2, 0.25) is 0 Å². The lowest BCUT2D eigenvalue weighted by Crippen LogP contribution is -2.42. The number of pyridine rings is 2. The van der Waals surface area contributed by atoms with Crippen LogP contribution >= 0.6 is 11.6 Å². The Bertz CT molecular complexity index is 1690. The first-order chi connectivity index (χ1) is 16.8. The summed E-state index contributed by atoms with van der Waals surface area (Å²) in [7, 11) is 1.63. The molecule has 0 fully saturated rings. The van der Waals surface area contributed by atoms with E-state index in [0.717, 1.165) is 5.56 Å². The van der Waals surface area contributed by atoms with E-state index in [1.54, 1.807) is 44.3 Å². The molecule has 2 amide bonds. The summed E-state index contributed by atoms with van der Waals surface area (Å²) >= 11 is 6.00. The third-order valence-corrected chi connectivity index (χ3v) is 5.83. The number of nitrogens with one attached hydrogen (secondary N) is 3. The molecule has 0 aliphatic rings. The number of aromatic nitrogens is 4. The molecule has 0 spiro atoms. The fourth-order valence-electron chi connectivity index (χ4n) is 3.94. The molecule has 2 aromatic carbocycles. The van der Waals surface area contributed by atoms with Gasteiger partial charge in [-0.1, -0.05) is 41.9 Å². The van der Waals surface area contributed by atoms with E-state index in [1.807, 2.05) is 24.3 Å². The first kappa shape index (κ1) is 22.3. The smallest absolute Gasteiger partial charge is 0.270 e. The van der Waals surface area contributed by atoms with Gasteiger partial charge in [-0.25, -0.2) is 9.97 Å². The predicted molar refractivity (Wildman–Crippen MR) is 133 cm³/mol. The molecule has 5 aromatic rings. The minimum absolute atomic E-state index is 0.107. The molecule has 5 rings (SSSR count). The molecule has 0 atom stereocenters. The van der Waals surface area contributed by atoms with Crippen LogP contribution in [0.2, 0.25) is 5.02 Å². The molecule has 174 valence electrons. The lowest BCUT2D eigenvalue weighted by Gasteiger charge is -2.12. The molecular formula is C25H19ClN6O3. The Morgan fingerprint density at radius 2 is 1.63 bits per heavy atom. The number of aromatic amines is 1. The van der Waals surface area contributed by atoms with Crippen molar-refractivity contribution < 1.29 is 9.59 Å². The Hall–Kier alpha value is -4.50. The number of nitrogens with zero attached hydrogens (tertiary/aromatic N) is 3. The Kier molecular flexibility index (Phi) is 5.54. The van der Waals surface area contributed by atoms with Gasteiger partial charge in [0.15, 0.2) is 5.65 Å². The molecule has 9 nitrogen and oxygen atoms in total. The average Bonchev–Trinajstić information content (AvgIpc) is 3.14. The molecule has 10 heteroatoms. The highest BCUT2D eigenvalue weighted by Gasteiger charge is 2.19. The number of carbonyl (C=O) groups is 2. The zero-order valence-corrected chi connectivity index (χ0v) is 19.5. The van der Waals surface area contributed by atoms with Gasteiger partial charge in [0.05, 0.1) is 27.7 Å². The van der Waals surface area contributed by atoms with Gasteiger partial charge in [0, 0.05) is 28.7 Å². The van der Waals surface area contributed by atoms with Crippen LogP contribution in [0, 0.1) is 6.92 Å². The monoisotopic (exact) mass is 486 g/mol. The van der Waals surface area contributed by atoms with E-state index in [9.17, 15) is 14.4 Å². The second-order valence-corrected chi connectivity index (χ2v) is 8.43. The summed E-state index contributed by atoms with van der Waals surface area (Å²) in [6, 6.07) is 17.5. The summed E-state index contributed by atoms with van der Waals surface area (Å²) in [5.74, 6) is -1.17. The van der Waals surface area contributed by atoms with Crippen LogP contribution < -0.4 is 16.4 Å². The highest BCUT2D eigenvalue weighted by atomic mass is 35.5. The molecule has 3 N–H and O–H groups in total. The summed E-state index contributed by atoms with van der Waals surface area (Å²) in [6.07, 6.45) is 0. The molecule has 35 heavy (non-hydrogen) atoms. The lowest BCUT2D eigenvalue weighted by atomic mass is 10.0. The molecule has 3 heterocycles. The van der Waals surface area contributed by atoms with E-state index in [0.29, 0.717) is 38.5 Å². The van der Waals surface area contributed by atoms with E-state index >= 15 is 0 Å². The van der Waals surface area contributed by atoms with Crippen molar-refractivity contribution in [1.29, 1.82) is 0 Å². The number of hydrogen-bond donors (Lipinski definition) is 3. The number of fused-ring (bicyclic) bond motifs is 2. The second kappa shape index (κ2) is 8.69. The average molecular weight is 487 g/mol. The molecule has 0 unspecified atom stereocenters. The minimum atomic E-state index is -0.637. The van der Waals surface area contributed by atoms with Gasteiger partial charge in [0.1, 0.15) is 0 Å². The first-order valence-electron chi connectivity index (χ1n) is 10.6. The Labute approximate surface area is 203 Å². The maximum Gasteiger partial charge on any atom is 0.274 e. The summed E-state index contributed by atoms with van der Waals surface area (Å²) in [4.78, 5) is 47.4. The Morgan fingerprint density at radius 1 is 0.943 bits per heavy atom. The van der Waals surface area contributed by atoms with Gasteiger partial charge in [0.25, 0.3) is 17.4 Å². The fourth-order valence-corrected chi connectivity index (χ4v) is 4.07. The predicted octanol–water partition coefficient (Wildman–Crippen LogP) is 3.51. The number of aryl methyl sites for hydroxylation is 2. The van der Waals surface area contributed by atoms with Gasteiger partial charge in [-0.2, -0.15) is 0 Å². The quantitative estimate of drug-likeness (QED) is 0.337. The molecule has 0 saturated heterocycles. The number of halogens is 1. The van der Waals surface area contributed by atoms with Crippen LogP contribution in [0.1, 0.15) is 26.4 Å². The SMILES string of the molecule is Cc1cc(C(=O)NNC(=O)c2cc(-c3ccc(Cl)cc3)nc3ccccc23)c2c(=O)[nH]n(C)c2n1. The van der Waals surface area contributed by atoms with Crippen LogP contribution in [-0.4, -0.2) is 31.6 Å². The molecule has 0 aliphatic carbocycles. The number of para-hydroxylation sites is 1. The highest BCUT2D eigenvalue weighted by Crippen LogP contribution is 2.26. The third-order valence-electron chi connectivity index (χ3n) is 5.58. The number of carbonyl (C=O) groups excluding carboxylic acids is 2. The molecule has 0 aliphatic heterocycles. The summed E-state index contributed by atoms with van der Waals surface area (Å²) < 4.78 is 1.45. The number of hydrazine groups is 1. The zero-order chi connectivity index (χ0) is 24.7. The van der Waals surface area contributed by atoms with E-state index < -0.39 is 17.4 Å². The van der Waals surface area contributed by atoms with Crippen molar-refractivity contribution in [2.24, 2.45) is 7.05 Å². The maximum absolute atomic E-state index is 13.2. The zero-order valence-electron chi connectivity index (χ0n) is 18.7. The van der Waals surface area contributed by atoms with Crippen molar-refractivity contribution in [3.63, 3.8) is 0 Å². The van der Waals surface area contributed by atoms with Crippen molar-refractivity contribution in [3.05, 3.63) is 92.9 Å². The van der Waals surface area contributed by atoms with Gasteiger partial charge >= 0.3 is 0 Å². The number of hydrogen-bond acceptors (Lipinski definition) is 5. The molecule has 0 radical (unpaired) electrons. The van der Waals surface area contributed by atoms with Crippen molar-refractivity contribution in [1.82, 2.24) is 30.6 Å². The second-order valence-electron chi connectivity index (χ2n) is 8.00. The summed E-state index contributed by atoms with van der Waals surface area (Å²) in [6.45, 7) is 1.72. The molecule has 3 aromatic heterocycles. The van der Waals surface area contributed by atoms with Crippen LogP contribution in [-0.2, 0) is 7.05 Å². The Morgan fingerprint density at radius 3 is 2.37 bits per heavy atom. The number of amides is 2. The normalized spacial score (nSPS) is 11.1. The number of rotatable bonds is 3. The van der Waals surface area contributed by atoms with Crippen LogP contribution in [0.25, 0.3) is 33.2 Å². The van der Waals surface area contributed by atoms with E-state index in [4.69, 9.17) is 11.6 Å². The Balaban J connectivity index is 1.48. The highest BCUT2D eigenvalue weighted by molar-refractivity contribution is 6.30. The topological polar surface area (TPSA) is 122 Å². The lowest BCUT2D eigenvalue weighted by molar-refractivity contribution is 0.0848. The molecule has 0 saturated carbocycles. The van der Waals surface area contributed by atoms with Crippen LogP contribution in [0.4, 0.5) is 0 Å². The van der Waals surface area contributed by atoms with Crippen LogP contribution in [0.3, 0.4) is 0 Å². The summed E-state index contributed by atoms with van der Waals surface area (Å²) in [5, 5.41) is 3.95. The largest absolute Gasteiger partial charge is 0.274 e. The van der Waals surface area contributed by atoms with Gasteiger partial charge < -0.3 is 0 Å². The van der Waals surface area contributed by atoms with Crippen LogP contribution in [0.5, 0.6) is 0 Å². The third kappa shape index (κ3) is 4.13. The first-order valence-corrected chi connectivity index (χ1v) is 11.0. The van der Waals surface area contributed by atoms with E-state index in [2.05, 4.69) is 25.9 Å². The van der Waals surface area contributed by atoms with Crippen molar-refractivity contribution in [2.75, 3.05) is 0 Å². The van der Waals surface area contributed by atoms with Crippen molar-refractivity contribution >= 4 is 45.4 Å². The van der Waals surface area contributed by atoms with Crippen LogP contribution in [0.15, 0.2) is 65.5 Å². The minimum Gasteiger partial charge on any atom is -0.270 e. The molecule has 0 bridgehead atoms. The molecular weight excluding hydrogens is 468 g/mol. The number of benzene rings is 2. The fraction of sp³-hybridized carbons (Fsp3) is 0.0800. The maximum atomic E-state index is 13.2. The standard InChI is InChI=1S/C25H19ClN6O3/c1-13-11-18(21-22(27-13)32(2)31-25(21)35)24(34)30-29-23(33)17-12-20(14-7-9-15(26)10-8-14)28-19-6-4-3-5-16(17)19/h3-12H,1-2H3,(H,29,33)(H,30,34)(H,31,35). The van der Waals surface area contributed by atoms with Gasteiger partial charge in [-0.15, -0.1) is 0 Å². The van der Waals surface area contributed by atoms with Crippen molar-refractivity contribution in [2.45, 2.75) is 6.92 Å². The number of H-pyrrole nitrogens is 1. The van der Waals surface area contributed by atoms with Gasteiger partial charge in [-0.3, -0.25) is 35.0 Å². The summed E-state index contributed by atoms with van der Waals surface area (Å²) in [5.41, 5.74) is 7.76. The van der Waals surface area contributed by atoms with E-state index in [1.165, 1.54) is 10.7 Å². The van der Waals surface area contributed by atoms with E-state index in [-0.39, 0.29) is 10.9 Å². The van der Waals surface area contributed by atoms with Crippen molar-refractivity contribution in [3.8, 4) is 11.3 Å².